The van der Waals surface area contributed by atoms with Gasteiger partial charge in [0.2, 0.25) is 5.95 Å². The third kappa shape index (κ3) is 4.32. The molecule has 106 valence electrons. The maximum Gasteiger partial charge on any atom is 0.244 e. The van der Waals surface area contributed by atoms with E-state index in [1.54, 1.807) is 6.20 Å². The molecule has 7 heteroatoms. The minimum atomic E-state index is 0.490. The fourth-order valence-electron chi connectivity index (χ4n) is 1.53. The quantitative estimate of drug-likeness (QED) is 0.851. The Morgan fingerprint density at radius 1 is 1.25 bits per heavy atom. The average Bonchev–Trinajstić information content (AvgIpc) is 2.41. The molecule has 2 aromatic rings. The molecule has 1 heterocycles. The Morgan fingerprint density at radius 3 is 2.80 bits per heavy atom. The topological polar surface area (TPSA) is 66.0 Å². The van der Waals surface area contributed by atoms with Crippen LogP contribution in [-0.4, -0.2) is 47.3 Å². The minimum Gasteiger partial charge on any atom is -0.352 e. The standard InChI is InChI=1S/C13H17ClN6/c1-20(2)8-7-15-13-18-12(9-16-19-13)17-11-6-4-3-5-10(11)14/h3-6,9H,7-8H2,1-2H3,(H2,15,17,18,19). The molecule has 0 aliphatic carbocycles. The highest BCUT2D eigenvalue weighted by atomic mass is 35.5. The Labute approximate surface area is 123 Å². The van der Waals surface area contributed by atoms with E-state index >= 15 is 0 Å². The number of hydrogen-bond acceptors (Lipinski definition) is 6. The number of aromatic nitrogens is 3. The molecule has 1 aromatic heterocycles. The summed E-state index contributed by atoms with van der Waals surface area (Å²) < 4.78 is 0. The second-order valence-electron chi connectivity index (χ2n) is 4.50. The van der Waals surface area contributed by atoms with Gasteiger partial charge in [0.25, 0.3) is 0 Å². The van der Waals surface area contributed by atoms with Gasteiger partial charge in [-0.1, -0.05) is 23.7 Å². The molecular formula is C13H17ClN6. The third-order valence-electron chi connectivity index (χ3n) is 2.54. The molecule has 0 radical (unpaired) electrons. The number of para-hydroxylation sites is 1. The summed E-state index contributed by atoms with van der Waals surface area (Å²) in [5.41, 5.74) is 0.786. The molecule has 0 atom stereocenters. The highest BCUT2D eigenvalue weighted by molar-refractivity contribution is 6.33. The van der Waals surface area contributed by atoms with Crippen molar-refractivity contribution in [3.63, 3.8) is 0 Å². The fraction of sp³-hybridized carbons (Fsp3) is 0.308. The number of nitrogens with zero attached hydrogens (tertiary/aromatic N) is 4. The molecule has 20 heavy (non-hydrogen) atoms. The fourth-order valence-corrected chi connectivity index (χ4v) is 1.71. The van der Waals surface area contributed by atoms with Crippen molar-refractivity contribution in [3.8, 4) is 0 Å². The van der Waals surface area contributed by atoms with Crippen molar-refractivity contribution in [2.45, 2.75) is 0 Å². The van der Waals surface area contributed by atoms with E-state index in [1.807, 2.05) is 38.4 Å². The van der Waals surface area contributed by atoms with Crippen molar-refractivity contribution in [1.82, 2.24) is 20.1 Å². The van der Waals surface area contributed by atoms with Crippen LogP contribution >= 0.6 is 11.6 Å². The maximum atomic E-state index is 6.08. The molecule has 0 unspecified atom stereocenters. The zero-order chi connectivity index (χ0) is 14.4. The van der Waals surface area contributed by atoms with E-state index in [-0.39, 0.29) is 0 Å². The minimum absolute atomic E-state index is 0.490. The first-order valence-electron chi connectivity index (χ1n) is 6.25. The first-order valence-corrected chi connectivity index (χ1v) is 6.63. The Morgan fingerprint density at radius 2 is 2.05 bits per heavy atom. The zero-order valence-corrected chi connectivity index (χ0v) is 12.2. The Hall–Kier alpha value is -1.92. The largest absolute Gasteiger partial charge is 0.352 e. The second-order valence-corrected chi connectivity index (χ2v) is 4.91. The summed E-state index contributed by atoms with van der Waals surface area (Å²) >= 11 is 6.08. The molecule has 0 bridgehead atoms. The average molecular weight is 293 g/mol. The van der Waals surface area contributed by atoms with Crippen LogP contribution in [0.5, 0.6) is 0 Å². The van der Waals surface area contributed by atoms with Gasteiger partial charge < -0.3 is 15.5 Å². The lowest BCUT2D eigenvalue weighted by Gasteiger charge is -2.11. The van der Waals surface area contributed by atoms with Crippen LogP contribution in [-0.2, 0) is 0 Å². The molecule has 0 amide bonds. The Kier molecular flexibility index (Phi) is 5.09. The summed E-state index contributed by atoms with van der Waals surface area (Å²) in [6.45, 7) is 1.65. The first-order chi connectivity index (χ1) is 9.65. The molecule has 0 aliphatic heterocycles. The number of halogens is 1. The zero-order valence-electron chi connectivity index (χ0n) is 11.5. The number of nitrogens with one attached hydrogen (secondary N) is 2. The van der Waals surface area contributed by atoms with Gasteiger partial charge in [-0.25, -0.2) is 0 Å². The van der Waals surface area contributed by atoms with E-state index in [0.717, 1.165) is 18.8 Å². The van der Waals surface area contributed by atoms with Crippen molar-refractivity contribution in [2.75, 3.05) is 37.8 Å². The molecule has 0 saturated carbocycles. The molecule has 1 aromatic carbocycles. The highest BCUT2D eigenvalue weighted by Crippen LogP contribution is 2.23. The van der Waals surface area contributed by atoms with Crippen molar-refractivity contribution >= 4 is 29.1 Å². The van der Waals surface area contributed by atoms with Crippen LogP contribution in [0.15, 0.2) is 30.5 Å². The summed E-state index contributed by atoms with van der Waals surface area (Å²) in [4.78, 5) is 6.41. The van der Waals surface area contributed by atoms with Gasteiger partial charge in [-0.3, -0.25) is 0 Å². The van der Waals surface area contributed by atoms with Gasteiger partial charge in [0.15, 0.2) is 5.82 Å². The Balaban J connectivity index is 2.01. The van der Waals surface area contributed by atoms with Gasteiger partial charge in [0, 0.05) is 13.1 Å². The molecule has 0 spiro atoms. The smallest absolute Gasteiger partial charge is 0.244 e. The molecule has 0 saturated heterocycles. The van der Waals surface area contributed by atoms with Crippen LogP contribution in [0.1, 0.15) is 0 Å². The molecule has 6 nitrogen and oxygen atoms in total. The number of hydrogen-bond donors (Lipinski definition) is 2. The van der Waals surface area contributed by atoms with E-state index < -0.39 is 0 Å². The van der Waals surface area contributed by atoms with Crippen molar-refractivity contribution in [2.24, 2.45) is 0 Å². The van der Waals surface area contributed by atoms with Crippen LogP contribution in [0.3, 0.4) is 0 Å². The van der Waals surface area contributed by atoms with Crippen LogP contribution in [0.2, 0.25) is 5.02 Å². The molecule has 0 aliphatic rings. The lowest BCUT2D eigenvalue weighted by atomic mass is 10.3. The number of benzene rings is 1. The summed E-state index contributed by atoms with van der Waals surface area (Å²) in [7, 11) is 4.02. The van der Waals surface area contributed by atoms with E-state index in [2.05, 4.69) is 30.7 Å². The number of anilines is 3. The second kappa shape index (κ2) is 7.02. The summed E-state index contributed by atoms with van der Waals surface area (Å²) in [6, 6.07) is 7.47. The molecule has 2 N–H and O–H groups in total. The monoisotopic (exact) mass is 292 g/mol. The van der Waals surface area contributed by atoms with Gasteiger partial charge in [-0.15, -0.1) is 5.10 Å². The number of rotatable bonds is 6. The van der Waals surface area contributed by atoms with Gasteiger partial charge in [-0.05, 0) is 26.2 Å². The molecule has 2 rings (SSSR count). The van der Waals surface area contributed by atoms with E-state index in [9.17, 15) is 0 Å². The predicted molar refractivity (Wildman–Crippen MR) is 81.6 cm³/mol. The molecular weight excluding hydrogens is 276 g/mol. The number of likely N-dealkylation sites (N-methyl/N-ethyl adjacent to an activating group) is 1. The van der Waals surface area contributed by atoms with Gasteiger partial charge in [-0.2, -0.15) is 10.1 Å². The van der Waals surface area contributed by atoms with Crippen LogP contribution in [0.4, 0.5) is 17.5 Å². The lowest BCUT2D eigenvalue weighted by molar-refractivity contribution is 0.425. The summed E-state index contributed by atoms with van der Waals surface area (Å²) in [6.07, 6.45) is 1.56. The summed E-state index contributed by atoms with van der Waals surface area (Å²) in [5, 5.41) is 14.7. The lowest BCUT2D eigenvalue weighted by Crippen LogP contribution is -2.21. The summed E-state index contributed by atoms with van der Waals surface area (Å²) in [5.74, 6) is 1.09. The van der Waals surface area contributed by atoms with Crippen molar-refractivity contribution < 1.29 is 0 Å². The SMILES string of the molecule is CN(C)CCNc1nncc(Nc2ccccc2Cl)n1. The normalized spacial score (nSPS) is 10.6. The van der Waals surface area contributed by atoms with Gasteiger partial charge in [0.05, 0.1) is 16.9 Å². The van der Waals surface area contributed by atoms with Crippen molar-refractivity contribution in [3.05, 3.63) is 35.5 Å². The van der Waals surface area contributed by atoms with Crippen LogP contribution < -0.4 is 10.6 Å². The highest BCUT2D eigenvalue weighted by Gasteiger charge is 2.03. The maximum absolute atomic E-state index is 6.08. The van der Waals surface area contributed by atoms with Crippen LogP contribution in [0, 0.1) is 0 Å². The van der Waals surface area contributed by atoms with E-state index in [0.29, 0.717) is 16.8 Å². The first kappa shape index (κ1) is 14.5. The third-order valence-corrected chi connectivity index (χ3v) is 2.87. The van der Waals surface area contributed by atoms with E-state index in [4.69, 9.17) is 11.6 Å². The van der Waals surface area contributed by atoms with Crippen molar-refractivity contribution in [1.29, 1.82) is 0 Å². The predicted octanol–water partition coefficient (Wildman–Crippen LogP) is 2.24. The molecule has 0 fully saturated rings. The van der Waals surface area contributed by atoms with Crippen LogP contribution in [0.25, 0.3) is 0 Å². The van der Waals surface area contributed by atoms with Gasteiger partial charge >= 0.3 is 0 Å². The van der Waals surface area contributed by atoms with E-state index in [1.165, 1.54) is 0 Å². The Bertz CT molecular complexity index is 560. The van der Waals surface area contributed by atoms with Gasteiger partial charge in [0.1, 0.15) is 0 Å².